The lowest BCUT2D eigenvalue weighted by Crippen LogP contribution is -2.03. The molecule has 0 atom stereocenters. The number of pyridine rings is 1. The van der Waals surface area contributed by atoms with Crippen molar-refractivity contribution in [2.75, 3.05) is 5.73 Å². The molecule has 7 nitrogen and oxygen atoms in total. The van der Waals surface area contributed by atoms with Crippen LogP contribution in [0.3, 0.4) is 0 Å². The molecule has 2 N–H and O–H groups in total. The highest BCUT2D eigenvalue weighted by Gasteiger charge is 2.29. The van der Waals surface area contributed by atoms with Gasteiger partial charge in [-0.15, -0.1) is 0 Å². The Labute approximate surface area is 149 Å². The molecule has 1 aromatic carbocycles. The number of rotatable bonds is 2. The van der Waals surface area contributed by atoms with Gasteiger partial charge in [0.25, 0.3) is 5.69 Å². The van der Waals surface area contributed by atoms with Gasteiger partial charge in [-0.05, 0) is 54.3 Å². The van der Waals surface area contributed by atoms with E-state index in [1.54, 1.807) is 26.0 Å². The van der Waals surface area contributed by atoms with E-state index >= 15 is 0 Å². The molecule has 2 aromatic rings. The second kappa shape index (κ2) is 6.15. The normalized spacial score (nSPS) is 14.1. The molecule has 1 aromatic heterocycles. The van der Waals surface area contributed by atoms with Gasteiger partial charge in [-0.1, -0.05) is 0 Å². The van der Waals surface area contributed by atoms with Crippen LogP contribution in [0, 0.1) is 39.7 Å². The van der Waals surface area contributed by atoms with Gasteiger partial charge in [0.15, 0.2) is 0 Å². The fourth-order valence-electron chi connectivity index (χ4n) is 3.05. The number of hydrogen-bond acceptors (Lipinski definition) is 6. The quantitative estimate of drug-likeness (QED) is 0.655. The summed E-state index contributed by atoms with van der Waals surface area (Å²) < 4.78 is 0. The Hall–Kier alpha value is -3.97. The molecule has 0 fully saturated rings. The van der Waals surface area contributed by atoms with Crippen molar-refractivity contribution in [3.05, 3.63) is 67.9 Å². The summed E-state index contributed by atoms with van der Waals surface area (Å²) in [4.78, 5) is 14.6. The number of aromatic nitrogens is 1. The molecule has 0 saturated carbocycles. The van der Waals surface area contributed by atoms with Crippen molar-refractivity contribution in [3.8, 4) is 12.1 Å². The van der Waals surface area contributed by atoms with Crippen LogP contribution in [0.2, 0.25) is 0 Å². The number of benzene rings is 1. The van der Waals surface area contributed by atoms with E-state index in [1.165, 1.54) is 12.1 Å². The highest BCUT2D eigenvalue weighted by Crippen LogP contribution is 2.44. The molecule has 0 amide bonds. The third-order valence-corrected chi connectivity index (χ3v) is 4.40. The molecule has 0 unspecified atom stereocenters. The van der Waals surface area contributed by atoms with Crippen LogP contribution in [0.15, 0.2) is 29.8 Å². The number of fused-ring (bicyclic) bond motifs is 1. The number of nitriles is 2. The Bertz CT molecular complexity index is 1100. The fraction of sp³-hybridized carbons (Fsp3) is 0.105. The van der Waals surface area contributed by atoms with Crippen LogP contribution in [0.1, 0.15) is 34.9 Å². The van der Waals surface area contributed by atoms with Crippen LogP contribution in [0.4, 0.5) is 11.5 Å². The van der Waals surface area contributed by atoms with Crippen LogP contribution in [-0.4, -0.2) is 9.91 Å². The van der Waals surface area contributed by atoms with Crippen molar-refractivity contribution in [2.24, 2.45) is 0 Å². The topological polar surface area (TPSA) is 130 Å². The summed E-state index contributed by atoms with van der Waals surface area (Å²) in [5, 5.41) is 29.7. The molecule has 3 rings (SSSR count). The zero-order valence-electron chi connectivity index (χ0n) is 14.1. The van der Waals surface area contributed by atoms with Crippen molar-refractivity contribution in [1.82, 2.24) is 4.98 Å². The average molecular weight is 343 g/mol. The van der Waals surface area contributed by atoms with Gasteiger partial charge < -0.3 is 5.73 Å². The number of allylic oxidation sites excluding steroid dienone is 3. The summed E-state index contributed by atoms with van der Waals surface area (Å²) in [6, 6.07) is 10.3. The minimum absolute atomic E-state index is 0.00124. The molecule has 1 aliphatic carbocycles. The lowest BCUT2D eigenvalue weighted by Gasteiger charge is -2.10. The second-order valence-corrected chi connectivity index (χ2v) is 5.85. The summed E-state index contributed by atoms with van der Waals surface area (Å²) in [7, 11) is 0. The van der Waals surface area contributed by atoms with Crippen molar-refractivity contribution < 1.29 is 4.92 Å². The predicted octanol–water partition coefficient (Wildman–Crippen LogP) is 3.60. The molecule has 126 valence electrons. The minimum atomic E-state index is -0.462. The molecule has 1 heterocycles. The maximum absolute atomic E-state index is 10.8. The molecule has 0 aliphatic heterocycles. The Morgan fingerprint density at radius 3 is 2.38 bits per heavy atom. The van der Waals surface area contributed by atoms with Gasteiger partial charge in [-0.3, -0.25) is 10.1 Å². The third kappa shape index (κ3) is 2.48. The first-order chi connectivity index (χ1) is 12.4. The molecule has 0 spiro atoms. The van der Waals surface area contributed by atoms with Gasteiger partial charge >= 0.3 is 0 Å². The highest BCUT2D eigenvalue weighted by molar-refractivity contribution is 6.08. The number of hydrogen-bond donors (Lipinski definition) is 1. The first-order valence-electron chi connectivity index (χ1n) is 7.67. The van der Waals surface area contributed by atoms with Crippen molar-refractivity contribution in [1.29, 1.82) is 10.5 Å². The second-order valence-electron chi connectivity index (χ2n) is 5.85. The van der Waals surface area contributed by atoms with Gasteiger partial charge in [0.2, 0.25) is 0 Å². The fourth-order valence-corrected chi connectivity index (χ4v) is 3.05. The van der Waals surface area contributed by atoms with Gasteiger partial charge in [0.05, 0.1) is 21.8 Å². The van der Waals surface area contributed by atoms with Gasteiger partial charge in [0, 0.05) is 17.7 Å². The minimum Gasteiger partial charge on any atom is -0.383 e. The van der Waals surface area contributed by atoms with E-state index < -0.39 is 4.92 Å². The summed E-state index contributed by atoms with van der Waals surface area (Å²) in [5.41, 5.74) is 10.6. The molecule has 7 heteroatoms. The molecule has 26 heavy (non-hydrogen) atoms. The number of nitrogens with zero attached hydrogens (tertiary/aromatic N) is 4. The van der Waals surface area contributed by atoms with Crippen LogP contribution in [0.5, 0.6) is 0 Å². The summed E-state index contributed by atoms with van der Waals surface area (Å²) in [6.45, 7) is 3.58. The zero-order chi connectivity index (χ0) is 19.0. The summed E-state index contributed by atoms with van der Waals surface area (Å²) in [6.07, 6.45) is 1.83. The van der Waals surface area contributed by atoms with E-state index in [1.807, 2.05) is 6.08 Å². The molecular formula is C19H13N5O2. The molecule has 0 radical (unpaired) electrons. The molecule has 0 bridgehead atoms. The van der Waals surface area contributed by atoms with E-state index in [9.17, 15) is 20.6 Å². The lowest BCUT2D eigenvalue weighted by molar-refractivity contribution is -0.384. The number of nitro groups is 1. The van der Waals surface area contributed by atoms with Gasteiger partial charge in [0.1, 0.15) is 18.0 Å². The van der Waals surface area contributed by atoms with E-state index in [-0.39, 0.29) is 17.1 Å². The zero-order valence-corrected chi connectivity index (χ0v) is 14.1. The number of non-ortho nitro benzene ring substituents is 1. The highest BCUT2D eigenvalue weighted by atomic mass is 16.6. The Kier molecular flexibility index (Phi) is 3.99. The SMILES string of the molecule is CC1=C(C#N)c2nc(N)c(C#N)c(C)c2C1=Cc1ccc([N+](=O)[O-])cc1. The largest absolute Gasteiger partial charge is 0.383 e. The van der Waals surface area contributed by atoms with Crippen LogP contribution >= 0.6 is 0 Å². The summed E-state index contributed by atoms with van der Waals surface area (Å²) in [5.74, 6) is 0.0980. The Balaban J connectivity index is 2.24. The van der Waals surface area contributed by atoms with Crippen LogP contribution < -0.4 is 5.73 Å². The number of nitrogens with two attached hydrogens (primary N) is 1. The smallest absolute Gasteiger partial charge is 0.269 e. The first-order valence-corrected chi connectivity index (χ1v) is 7.67. The Morgan fingerprint density at radius 2 is 1.85 bits per heavy atom. The predicted molar refractivity (Wildman–Crippen MR) is 97.3 cm³/mol. The first kappa shape index (κ1) is 16.9. The van der Waals surface area contributed by atoms with E-state index in [4.69, 9.17) is 5.73 Å². The number of anilines is 1. The molecular weight excluding hydrogens is 330 g/mol. The van der Waals surface area contributed by atoms with Crippen LogP contribution in [0.25, 0.3) is 17.2 Å². The number of nitrogen functional groups attached to an aromatic ring is 1. The lowest BCUT2D eigenvalue weighted by atomic mass is 9.95. The van der Waals surface area contributed by atoms with Gasteiger partial charge in [-0.25, -0.2) is 4.98 Å². The van der Waals surface area contributed by atoms with E-state index in [0.29, 0.717) is 22.4 Å². The molecule has 0 saturated heterocycles. The average Bonchev–Trinajstić information content (AvgIpc) is 2.87. The molecule has 1 aliphatic rings. The van der Waals surface area contributed by atoms with Crippen molar-refractivity contribution in [3.63, 3.8) is 0 Å². The van der Waals surface area contributed by atoms with E-state index in [2.05, 4.69) is 17.1 Å². The van der Waals surface area contributed by atoms with Crippen molar-refractivity contribution in [2.45, 2.75) is 13.8 Å². The third-order valence-electron chi connectivity index (χ3n) is 4.40. The maximum Gasteiger partial charge on any atom is 0.269 e. The van der Waals surface area contributed by atoms with Crippen LogP contribution in [-0.2, 0) is 0 Å². The van der Waals surface area contributed by atoms with Gasteiger partial charge in [-0.2, -0.15) is 10.5 Å². The summed E-state index contributed by atoms with van der Waals surface area (Å²) >= 11 is 0. The van der Waals surface area contributed by atoms with Crippen molar-refractivity contribution >= 4 is 28.7 Å². The van der Waals surface area contributed by atoms with E-state index in [0.717, 1.165) is 16.7 Å². The Morgan fingerprint density at radius 1 is 1.19 bits per heavy atom. The maximum atomic E-state index is 10.8. The standard InChI is InChI=1S/C19H13N5O2/c1-10-14(7-12-3-5-13(6-4-12)24(25)26)17-11(2)16(9-21)19(22)23-18(17)15(10)8-20/h3-7H,1-2H3,(H2,22,23). The monoisotopic (exact) mass is 343 g/mol. The number of nitro benzene ring substituents is 1.